The van der Waals surface area contributed by atoms with E-state index in [-0.39, 0.29) is 5.91 Å². The Bertz CT molecular complexity index is 596. The monoisotopic (exact) mass is 346 g/mol. The lowest BCUT2D eigenvalue weighted by Crippen LogP contribution is -2.29. The van der Waals surface area contributed by atoms with Gasteiger partial charge in [-0.25, -0.2) is 4.98 Å². The predicted octanol–water partition coefficient (Wildman–Crippen LogP) is 4.67. The minimum Gasteiger partial charge on any atom is -0.487 e. The number of hydrogen-bond acceptors (Lipinski definition) is 4. The third-order valence-corrected chi connectivity index (χ3v) is 4.72. The zero-order chi connectivity index (χ0) is 17.2. The van der Waals surface area contributed by atoms with E-state index in [2.05, 4.69) is 24.1 Å². The van der Waals surface area contributed by atoms with Gasteiger partial charge in [-0.05, 0) is 36.6 Å². The smallest absolute Gasteiger partial charge is 0.251 e. The number of unbranched alkanes of at least 4 members (excludes halogenated alkanes) is 1. The molecule has 4 nitrogen and oxygen atoms in total. The number of aromatic nitrogens is 1. The van der Waals surface area contributed by atoms with Crippen molar-refractivity contribution in [3.63, 3.8) is 0 Å². The number of ether oxygens (including phenoxy) is 1. The molecule has 0 aliphatic heterocycles. The molecule has 1 aromatic heterocycles. The molecule has 0 fully saturated rings. The topological polar surface area (TPSA) is 51.2 Å². The molecule has 0 radical (unpaired) electrons. The van der Waals surface area contributed by atoms with E-state index < -0.39 is 0 Å². The molecule has 24 heavy (non-hydrogen) atoms. The number of carbonyl (C=O) groups is 1. The molecule has 1 heterocycles. The molecule has 2 rings (SSSR count). The molecule has 0 aliphatic carbocycles. The van der Waals surface area contributed by atoms with Gasteiger partial charge in [0.2, 0.25) is 0 Å². The Morgan fingerprint density at radius 3 is 2.71 bits per heavy atom. The molecule has 0 spiro atoms. The van der Waals surface area contributed by atoms with Gasteiger partial charge in [0.05, 0.1) is 11.2 Å². The molecular weight excluding hydrogens is 320 g/mol. The van der Waals surface area contributed by atoms with Gasteiger partial charge < -0.3 is 10.1 Å². The summed E-state index contributed by atoms with van der Waals surface area (Å²) in [6, 6.07) is 7.27. The van der Waals surface area contributed by atoms with Crippen molar-refractivity contribution in [1.29, 1.82) is 0 Å². The van der Waals surface area contributed by atoms with E-state index in [1.54, 1.807) is 29.0 Å². The van der Waals surface area contributed by atoms with Gasteiger partial charge in [-0.2, -0.15) is 0 Å². The van der Waals surface area contributed by atoms with Crippen LogP contribution in [0.5, 0.6) is 5.75 Å². The fourth-order valence-electron chi connectivity index (χ4n) is 2.45. The van der Waals surface area contributed by atoms with E-state index in [1.807, 2.05) is 17.5 Å². The molecule has 1 N–H and O–H groups in total. The first kappa shape index (κ1) is 18.5. The second-order valence-corrected chi connectivity index (χ2v) is 6.64. The third kappa shape index (κ3) is 5.96. The summed E-state index contributed by atoms with van der Waals surface area (Å²) >= 11 is 1.55. The first-order valence-corrected chi connectivity index (χ1v) is 9.55. The van der Waals surface area contributed by atoms with Crippen molar-refractivity contribution in [2.24, 2.45) is 5.92 Å². The third-order valence-electron chi connectivity index (χ3n) is 4.08. The zero-order valence-corrected chi connectivity index (χ0v) is 15.3. The first-order chi connectivity index (χ1) is 11.7. The molecule has 1 amide bonds. The Hall–Kier alpha value is -1.88. The van der Waals surface area contributed by atoms with Crippen molar-refractivity contribution in [3.05, 3.63) is 46.4 Å². The molecule has 1 aromatic carbocycles. The summed E-state index contributed by atoms with van der Waals surface area (Å²) in [5.74, 6) is 1.29. The summed E-state index contributed by atoms with van der Waals surface area (Å²) in [6.07, 6.45) is 4.70. The minimum atomic E-state index is -0.0176. The van der Waals surface area contributed by atoms with Crippen molar-refractivity contribution < 1.29 is 9.53 Å². The SMILES string of the molecule is CCCCC(CC)CNC(=O)c1ccc(OCc2cscn2)cc1. The van der Waals surface area contributed by atoms with Crippen molar-refractivity contribution in [2.45, 2.75) is 46.1 Å². The van der Waals surface area contributed by atoms with Crippen LogP contribution in [0.2, 0.25) is 0 Å². The van der Waals surface area contributed by atoms with Gasteiger partial charge in [-0.1, -0.05) is 33.1 Å². The van der Waals surface area contributed by atoms with Crippen LogP contribution < -0.4 is 10.1 Å². The van der Waals surface area contributed by atoms with Crippen molar-refractivity contribution in [2.75, 3.05) is 6.54 Å². The maximum absolute atomic E-state index is 12.2. The Morgan fingerprint density at radius 1 is 1.29 bits per heavy atom. The Kier molecular flexibility index (Phi) is 7.75. The lowest BCUT2D eigenvalue weighted by atomic mass is 9.99. The first-order valence-electron chi connectivity index (χ1n) is 8.61. The van der Waals surface area contributed by atoms with E-state index in [9.17, 15) is 4.79 Å². The highest BCUT2D eigenvalue weighted by molar-refractivity contribution is 7.07. The molecule has 5 heteroatoms. The molecule has 2 aromatic rings. The summed E-state index contributed by atoms with van der Waals surface area (Å²) in [6.45, 7) is 5.58. The van der Waals surface area contributed by atoms with Gasteiger partial charge >= 0.3 is 0 Å². The number of amides is 1. The average Bonchev–Trinajstić information content (AvgIpc) is 3.14. The minimum absolute atomic E-state index is 0.0176. The zero-order valence-electron chi connectivity index (χ0n) is 14.5. The van der Waals surface area contributed by atoms with Gasteiger partial charge in [-0.3, -0.25) is 4.79 Å². The molecule has 0 saturated heterocycles. The second-order valence-electron chi connectivity index (χ2n) is 5.92. The van der Waals surface area contributed by atoms with E-state index >= 15 is 0 Å². The molecule has 1 atom stereocenters. The Balaban J connectivity index is 1.79. The van der Waals surface area contributed by atoms with Crippen LogP contribution in [0.4, 0.5) is 0 Å². The highest BCUT2D eigenvalue weighted by atomic mass is 32.1. The summed E-state index contributed by atoms with van der Waals surface area (Å²) in [5.41, 5.74) is 3.37. The normalized spacial score (nSPS) is 11.9. The molecular formula is C19H26N2O2S. The summed E-state index contributed by atoms with van der Waals surface area (Å²) < 4.78 is 5.66. The highest BCUT2D eigenvalue weighted by Crippen LogP contribution is 2.15. The quantitative estimate of drug-likeness (QED) is 0.680. The number of carbonyl (C=O) groups excluding carboxylic acids is 1. The van der Waals surface area contributed by atoms with Crippen LogP contribution in [0, 0.1) is 5.92 Å². The summed E-state index contributed by atoms with van der Waals surface area (Å²) in [4.78, 5) is 16.4. The maximum atomic E-state index is 12.2. The van der Waals surface area contributed by atoms with Gasteiger partial charge in [0, 0.05) is 17.5 Å². The maximum Gasteiger partial charge on any atom is 0.251 e. The highest BCUT2D eigenvalue weighted by Gasteiger charge is 2.10. The van der Waals surface area contributed by atoms with Crippen LogP contribution >= 0.6 is 11.3 Å². The van der Waals surface area contributed by atoms with Crippen LogP contribution in [0.1, 0.15) is 55.6 Å². The fraction of sp³-hybridized carbons (Fsp3) is 0.474. The predicted molar refractivity (Wildman–Crippen MR) is 98.5 cm³/mol. The Labute approximate surface area is 148 Å². The molecule has 0 saturated carbocycles. The van der Waals surface area contributed by atoms with Crippen LogP contribution in [0.15, 0.2) is 35.2 Å². The number of nitrogens with zero attached hydrogens (tertiary/aromatic N) is 1. The van der Waals surface area contributed by atoms with Crippen molar-refractivity contribution >= 4 is 17.2 Å². The number of benzene rings is 1. The van der Waals surface area contributed by atoms with Gasteiger partial charge in [0.15, 0.2) is 0 Å². The lowest BCUT2D eigenvalue weighted by Gasteiger charge is -2.15. The molecule has 0 aliphatic rings. The largest absolute Gasteiger partial charge is 0.487 e. The van der Waals surface area contributed by atoms with E-state index in [4.69, 9.17) is 4.74 Å². The van der Waals surface area contributed by atoms with E-state index in [0.29, 0.717) is 18.1 Å². The second kappa shape index (κ2) is 10.1. The number of nitrogens with one attached hydrogen (secondary N) is 1. The van der Waals surface area contributed by atoms with E-state index in [1.165, 1.54) is 19.3 Å². The Morgan fingerprint density at radius 2 is 2.08 bits per heavy atom. The van der Waals surface area contributed by atoms with Gasteiger partial charge in [0.1, 0.15) is 12.4 Å². The molecule has 1 unspecified atom stereocenters. The van der Waals surface area contributed by atoms with Crippen LogP contribution in [-0.4, -0.2) is 17.4 Å². The van der Waals surface area contributed by atoms with Crippen molar-refractivity contribution in [3.8, 4) is 5.75 Å². The number of rotatable bonds is 10. The van der Waals surface area contributed by atoms with Gasteiger partial charge in [-0.15, -0.1) is 11.3 Å². The fourth-order valence-corrected chi connectivity index (χ4v) is 2.99. The van der Waals surface area contributed by atoms with E-state index in [0.717, 1.165) is 24.4 Å². The molecule has 0 bridgehead atoms. The number of thiazole rings is 1. The molecule has 130 valence electrons. The summed E-state index contributed by atoms with van der Waals surface area (Å²) in [5, 5.41) is 5.01. The van der Waals surface area contributed by atoms with Crippen LogP contribution in [0.25, 0.3) is 0 Å². The van der Waals surface area contributed by atoms with Gasteiger partial charge in [0.25, 0.3) is 5.91 Å². The average molecular weight is 346 g/mol. The standard InChI is InChI=1S/C19H26N2O2S/c1-3-5-6-15(4-2)11-20-19(22)16-7-9-18(10-8-16)23-12-17-13-24-14-21-17/h7-10,13-15H,3-6,11-12H2,1-2H3,(H,20,22). The van der Waals surface area contributed by atoms with Crippen LogP contribution in [0.3, 0.4) is 0 Å². The van der Waals surface area contributed by atoms with Crippen LogP contribution in [-0.2, 0) is 6.61 Å². The lowest BCUT2D eigenvalue weighted by molar-refractivity contribution is 0.0946. The summed E-state index contributed by atoms with van der Waals surface area (Å²) in [7, 11) is 0. The number of hydrogen-bond donors (Lipinski definition) is 1. The van der Waals surface area contributed by atoms with Crippen molar-refractivity contribution in [1.82, 2.24) is 10.3 Å².